The summed E-state index contributed by atoms with van der Waals surface area (Å²) in [6, 6.07) is 9.68. The van der Waals surface area contributed by atoms with Crippen LogP contribution in [0.5, 0.6) is 11.5 Å². The van der Waals surface area contributed by atoms with Crippen LogP contribution in [0, 0.1) is 6.92 Å². The Hall–Kier alpha value is -2.56. The van der Waals surface area contributed by atoms with Crippen LogP contribution in [-0.4, -0.2) is 22.6 Å². The molecule has 2 rings (SSSR count). The van der Waals surface area contributed by atoms with Crippen molar-refractivity contribution >= 4 is 11.6 Å². The molecule has 0 spiro atoms. The molecule has 2 aromatic rings. The summed E-state index contributed by atoms with van der Waals surface area (Å²) in [7, 11) is 0. The van der Waals surface area contributed by atoms with Crippen LogP contribution in [0.1, 0.15) is 5.69 Å². The summed E-state index contributed by atoms with van der Waals surface area (Å²) in [5.41, 5.74) is 1.52. The van der Waals surface area contributed by atoms with E-state index in [1.54, 1.807) is 30.5 Å². The SMILES string of the molecule is Cc1cc(NC(=O)COc2ccc(O)cc2)ccn1. The van der Waals surface area contributed by atoms with E-state index in [2.05, 4.69) is 10.3 Å². The van der Waals surface area contributed by atoms with Gasteiger partial charge in [0.2, 0.25) is 0 Å². The Morgan fingerprint density at radius 3 is 2.74 bits per heavy atom. The molecule has 98 valence electrons. The molecule has 0 aliphatic heterocycles. The second kappa shape index (κ2) is 5.86. The van der Waals surface area contributed by atoms with E-state index in [4.69, 9.17) is 9.84 Å². The van der Waals surface area contributed by atoms with Gasteiger partial charge in [-0.15, -0.1) is 0 Å². The highest BCUT2D eigenvalue weighted by Crippen LogP contribution is 2.15. The monoisotopic (exact) mass is 258 g/mol. The number of carbonyl (C=O) groups excluding carboxylic acids is 1. The van der Waals surface area contributed by atoms with Gasteiger partial charge in [0.15, 0.2) is 6.61 Å². The fourth-order valence-corrected chi connectivity index (χ4v) is 1.51. The number of nitrogens with one attached hydrogen (secondary N) is 1. The van der Waals surface area contributed by atoms with Gasteiger partial charge in [0.1, 0.15) is 11.5 Å². The Labute approximate surface area is 110 Å². The van der Waals surface area contributed by atoms with Gasteiger partial charge in [-0.3, -0.25) is 9.78 Å². The normalized spacial score (nSPS) is 9.95. The Bertz CT molecular complexity index is 567. The highest BCUT2D eigenvalue weighted by atomic mass is 16.5. The summed E-state index contributed by atoms with van der Waals surface area (Å²) in [5, 5.41) is 11.8. The summed E-state index contributed by atoms with van der Waals surface area (Å²) in [4.78, 5) is 15.7. The van der Waals surface area contributed by atoms with Gasteiger partial charge in [-0.2, -0.15) is 0 Å². The van der Waals surface area contributed by atoms with Crippen molar-refractivity contribution < 1.29 is 14.6 Å². The number of phenols is 1. The van der Waals surface area contributed by atoms with E-state index in [1.807, 2.05) is 6.92 Å². The van der Waals surface area contributed by atoms with Gasteiger partial charge in [0.25, 0.3) is 5.91 Å². The van der Waals surface area contributed by atoms with Crippen LogP contribution in [0.15, 0.2) is 42.6 Å². The standard InChI is InChI=1S/C14H14N2O3/c1-10-8-11(6-7-15-10)16-14(18)9-19-13-4-2-12(17)3-5-13/h2-8,17H,9H2,1H3,(H,15,16,18). The molecule has 0 aliphatic carbocycles. The number of benzene rings is 1. The maximum atomic E-state index is 11.7. The quantitative estimate of drug-likeness (QED) is 0.881. The summed E-state index contributed by atoms with van der Waals surface area (Å²) >= 11 is 0. The number of rotatable bonds is 4. The molecule has 0 fully saturated rings. The van der Waals surface area contributed by atoms with Crippen molar-refractivity contribution in [2.45, 2.75) is 6.92 Å². The van der Waals surface area contributed by atoms with E-state index >= 15 is 0 Å². The lowest BCUT2D eigenvalue weighted by molar-refractivity contribution is -0.118. The van der Waals surface area contributed by atoms with Crippen LogP contribution in [0.2, 0.25) is 0 Å². The average molecular weight is 258 g/mol. The minimum Gasteiger partial charge on any atom is -0.508 e. The van der Waals surface area contributed by atoms with Gasteiger partial charge < -0.3 is 15.2 Å². The van der Waals surface area contributed by atoms with E-state index in [-0.39, 0.29) is 18.3 Å². The van der Waals surface area contributed by atoms with Gasteiger partial charge in [-0.1, -0.05) is 0 Å². The fourth-order valence-electron chi connectivity index (χ4n) is 1.51. The first-order valence-corrected chi connectivity index (χ1v) is 5.78. The molecule has 1 aromatic carbocycles. The van der Waals surface area contributed by atoms with E-state index in [1.165, 1.54) is 12.1 Å². The molecule has 5 heteroatoms. The van der Waals surface area contributed by atoms with Crippen molar-refractivity contribution in [3.8, 4) is 11.5 Å². The molecule has 0 bridgehead atoms. The Morgan fingerprint density at radius 2 is 2.05 bits per heavy atom. The fraction of sp³-hybridized carbons (Fsp3) is 0.143. The van der Waals surface area contributed by atoms with Crippen LogP contribution < -0.4 is 10.1 Å². The lowest BCUT2D eigenvalue weighted by Gasteiger charge is -2.07. The smallest absolute Gasteiger partial charge is 0.262 e. The molecule has 1 heterocycles. The number of aromatic hydroxyl groups is 1. The first-order chi connectivity index (χ1) is 9.13. The van der Waals surface area contributed by atoms with E-state index in [0.717, 1.165) is 5.69 Å². The van der Waals surface area contributed by atoms with Gasteiger partial charge >= 0.3 is 0 Å². The van der Waals surface area contributed by atoms with Crippen LogP contribution in [0.4, 0.5) is 5.69 Å². The maximum absolute atomic E-state index is 11.7. The first-order valence-electron chi connectivity index (χ1n) is 5.78. The van der Waals surface area contributed by atoms with Crippen molar-refractivity contribution in [2.24, 2.45) is 0 Å². The largest absolute Gasteiger partial charge is 0.508 e. The van der Waals surface area contributed by atoms with Crippen LogP contribution in [0.3, 0.4) is 0 Å². The molecule has 0 radical (unpaired) electrons. The first kappa shape index (κ1) is 12.9. The highest BCUT2D eigenvalue weighted by molar-refractivity contribution is 5.91. The van der Waals surface area contributed by atoms with Crippen LogP contribution in [0.25, 0.3) is 0 Å². The summed E-state index contributed by atoms with van der Waals surface area (Å²) in [6.07, 6.45) is 1.63. The number of anilines is 1. The predicted molar refractivity (Wildman–Crippen MR) is 71.2 cm³/mol. The third-order valence-electron chi connectivity index (χ3n) is 2.39. The lowest BCUT2D eigenvalue weighted by Crippen LogP contribution is -2.20. The number of aromatic nitrogens is 1. The number of pyridine rings is 1. The minimum atomic E-state index is -0.251. The van der Waals surface area contributed by atoms with E-state index in [9.17, 15) is 4.79 Å². The molecule has 19 heavy (non-hydrogen) atoms. The minimum absolute atomic E-state index is 0.0911. The number of phenolic OH excluding ortho intramolecular Hbond substituents is 1. The summed E-state index contributed by atoms with van der Waals surface area (Å²) in [5.74, 6) is 0.432. The number of carbonyl (C=O) groups is 1. The predicted octanol–water partition coefficient (Wildman–Crippen LogP) is 2.11. The molecule has 1 aromatic heterocycles. The van der Waals surface area contributed by atoms with Gasteiger partial charge in [0, 0.05) is 17.6 Å². The molecule has 0 atom stereocenters. The van der Waals surface area contributed by atoms with Gasteiger partial charge in [-0.25, -0.2) is 0 Å². The van der Waals surface area contributed by atoms with Crippen molar-refractivity contribution in [1.29, 1.82) is 0 Å². The highest BCUT2D eigenvalue weighted by Gasteiger charge is 2.04. The Morgan fingerprint density at radius 1 is 1.32 bits per heavy atom. The topological polar surface area (TPSA) is 71.5 Å². The Balaban J connectivity index is 1.86. The van der Waals surface area contributed by atoms with Crippen molar-refractivity contribution in [3.63, 3.8) is 0 Å². The second-order valence-corrected chi connectivity index (χ2v) is 4.02. The van der Waals surface area contributed by atoms with Crippen molar-refractivity contribution in [1.82, 2.24) is 4.98 Å². The summed E-state index contributed by atoms with van der Waals surface area (Å²) < 4.78 is 5.29. The number of amides is 1. The molecular weight excluding hydrogens is 244 g/mol. The number of nitrogens with zero attached hydrogens (tertiary/aromatic N) is 1. The maximum Gasteiger partial charge on any atom is 0.262 e. The summed E-state index contributed by atoms with van der Waals surface area (Å²) in [6.45, 7) is 1.76. The molecule has 0 saturated heterocycles. The lowest BCUT2D eigenvalue weighted by atomic mass is 10.3. The van der Waals surface area contributed by atoms with E-state index < -0.39 is 0 Å². The van der Waals surface area contributed by atoms with Gasteiger partial charge in [-0.05, 0) is 43.3 Å². The molecule has 0 unspecified atom stereocenters. The molecule has 1 amide bonds. The molecule has 0 aliphatic rings. The third kappa shape index (κ3) is 3.99. The molecule has 2 N–H and O–H groups in total. The zero-order valence-electron chi connectivity index (χ0n) is 10.5. The zero-order valence-corrected chi connectivity index (χ0v) is 10.5. The van der Waals surface area contributed by atoms with Gasteiger partial charge in [0.05, 0.1) is 0 Å². The number of ether oxygens (including phenoxy) is 1. The zero-order chi connectivity index (χ0) is 13.7. The number of hydrogen-bond donors (Lipinski definition) is 2. The van der Waals surface area contributed by atoms with Crippen molar-refractivity contribution in [3.05, 3.63) is 48.3 Å². The van der Waals surface area contributed by atoms with Crippen LogP contribution in [-0.2, 0) is 4.79 Å². The van der Waals surface area contributed by atoms with E-state index in [0.29, 0.717) is 11.4 Å². The average Bonchev–Trinajstić information content (AvgIpc) is 2.38. The van der Waals surface area contributed by atoms with Crippen molar-refractivity contribution in [2.75, 3.05) is 11.9 Å². The third-order valence-corrected chi connectivity index (χ3v) is 2.39. The van der Waals surface area contributed by atoms with Crippen LogP contribution >= 0.6 is 0 Å². The molecule has 5 nitrogen and oxygen atoms in total. The Kier molecular flexibility index (Phi) is 3.97. The second-order valence-electron chi connectivity index (χ2n) is 4.02. The number of aryl methyl sites for hydroxylation is 1. The molecular formula is C14H14N2O3. The molecule has 0 saturated carbocycles. The number of hydrogen-bond acceptors (Lipinski definition) is 4.